The van der Waals surface area contributed by atoms with Gasteiger partial charge in [-0.05, 0) is 78.3 Å². The van der Waals surface area contributed by atoms with Crippen LogP contribution in [0.2, 0.25) is 0 Å². The lowest BCUT2D eigenvalue weighted by Crippen LogP contribution is -2.24. The summed E-state index contributed by atoms with van der Waals surface area (Å²) in [7, 11) is -4.55. The Morgan fingerprint density at radius 1 is 0.667 bits per heavy atom. The van der Waals surface area contributed by atoms with Gasteiger partial charge in [-0.1, -0.05) is 79.9 Å². The van der Waals surface area contributed by atoms with Gasteiger partial charge in [-0.15, -0.1) is 22.7 Å². The van der Waals surface area contributed by atoms with E-state index in [-0.39, 0.29) is 67.1 Å². The van der Waals surface area contributed by atoms with E-state index in [9.17, 15) is 39.3 Å². The molecule has 4 heterocycles. The van der Waals surface area contributed by atoms with Crippen LogP contribution in [-0.2, 0) is 48.9 Å². The molecule has 2 atom stereocenters. The van der Waals surface area contributed by atoms with Crippen molar-refractivity contribution < 1.29 is 39.3 Å². The monoisotopic (exact) mass is 844 g/mol. The molecule has 0 saturated carbocycles. The Kier molecular flexibility index (Phi) is 10.8. The molecule has 1 N–H and O–H groups in total. The van der Waals surface area contributed by atoms with E-state index in [0.717, 1.165) is 32.9 Å². The van der Waals surface area contributed by atoms with Gasteiger partial charge in [0, 0.05) is 11.1 Å². The Hall–Kier alpha value is -4.25. The van der Waals surface area contributed by atoms with Crippen LogP contribution in [0.3, 0.4) is 0 Å². The van der Waals surface area contributed by atoms with Crippen molar-refractivity contribution in [2.24, 2.45) is 0 Å². The van der Waals surface area contributed by atoms with Crippen LogP contribution >= 0.6 is 22.7 Å². The van der Waals surface area contributed by atoms with Gasteiger partial charge in [-0.2, -0.15) is 45.0 Å². The lowest BCUT2D eigenvalue weighted by atomic mass is 9.87. The molecular weight excluding hydrogens is 807 g/mol. The first-order valence-electron chi connectivity index (χ1n) is 18.7. The van der Waals surface area contributed by atoms with Crippen LogP contribution < -0.4 is 0 Å². The van der Waals surface area contributed by atoms with Crippen molar-refractivity contribution in [3.05, 3.63) is 123 Å². The zero-order chi connectivity index (χ0) is 40.1. The normalized spacial score (nSPS) is 15.1. The topological polar surface area (TPSA) is 90.0 Å². The number of aryl methyl sites for hydroxylation is 2. The SMILES string of the molecule is O=S(=O)(O)c1cc2c(s1)-c1c(c(C(CCCCCC(c3nn(Cc4ccccc4)c4c3CCc3ccsc3-4)C(F)(F)F)C(F)(F)F)nn1Cc1ccccc1)CC2. The van der Waals surface area contributed by atoms with Gasteiger partial charge in [0.15, 0.2) is 0 Å². The Balaban J connectivity index is 1.04. The van der Waals surface area contributed by atoms with Crippen LogP contribution in [0.4, 0.5) is 26.3 Å². The summed E-state index contributed by atoms with van der Waals surface area (Å²) in [5.41, 5.74) is 5.28. The number of rotatable bonds is 13. The maximum atomic E-state index is 15.0. The molecule has 0 aliphatic heterocycles. The standard InChI is InChI=1S/C41H38F6N4O3S3/c42-40(43,44)31(34-29-18-16-27-20-21-55-38(27)36(29)50(48-34)23-25-10-4-1-5-11-25)14-8-3-9-15-32(41(45,46)47)35-30-19-17-28-22-33(57(52,53)54)56-39(28)37(30)51(49-35)24-26-12-6-2-7-13-26/h1-2,4-7,10-13,20-22,31-32H,3,8-9,14-19,23-24H2,(H,52,53,54). The summed E-state index contributed by atoms with van der Waals surface area (Å²) < 4.78 is 126. The number of hydrogen-bond donors (Lipinski definition) is 1. The van der Waals surface area contributed by atoms with Crippen LogP contribution in [0, 0.1) is 0 Å². The summed E-state index contributed by atoms with van der Waals surface area (Å²) in [5.74, 6) is -3.85. The van der Waals surface area contributed by atoms with E-state index in [1.54, 1.807) is 16.8 Å². The first-order chi connectivity index (χ1) is 27.2. The van der Waals surface area contributed by atoms with Crippen molar-refractivity contribution in [2.75, 3.05) is 0 Å². The van der Waals surface area contributed by atoms with Gasteiger partial charge >= 0.3 is 22.5 Å². The van der Waals surface area contributed by atoms with Gasteiger partial charge in [0.1, 0.15) is 4.21 Å². The smallest absolute Gasteiger partial charge is 0.281 e. The minimum Gasteiger partial charge on any atom is -0.281 e. The molecule has 2 unspecified atom stereocenters. The lowest BCUT2D eigenvalue weighted by Gasteiger charge is -2.22. The van der Waals surface area contributed by atoms with Crippen molar-refractivity contribution in [1.82, 2.24) is 19.6 Å². The van der Waals surface area contributed by atoms with E-state index in [1.807, 2.05) is 60.0 Å². The Morgan fingerprint density at radius 3 is 1.65 bits per heavy atom. The second-order valence-electron chi connectivity index (χ2n) is 14.7. The van der Waals surface area contributed by atoms with E-state index in [4.69, 9.17) is 0 Å². The Morgan fingerprint density at radius 2 is 1.16 bits per heavy atom. The summed E-state index contributed by atoms with van der Waals surface area (Å²) in [6.07, 6.45) is -8.28. The zero-order valence-electron chi connectivity index (χ0n) is 30.5. The fourth-order valence-corrected chi connectivity index (χ4v) is 11.3. The maximum Gasteiger partial charge on any atom is 0.397 e. The molecule has 4 aromatic heterocycles. The third-order valence-electron chi connectivity index (χ3n) is 11.0. The van der Waals surface area contributed by atoms with Crippen molar-refractivity contribution in [3.63, 3.8) is 0 Å². The Labute approximate surface area is 333 Å². The molecule has 16 heteroatoms. The van der Waals surface area contributed by atoms with Crippen LogP contribution in [0.1, 0.15) is 88.7 Å². The van der Waals surface area contributed by atoms with Gasteiger partial charge in [0.2, 0.25) is 0 Å². The van der Waals surface area contributed by atoms with Crippen molar-refractivity contribution in [1.29, 1.82) is 0 Å². The average molecular weight is 845 g/mol. The number of unbranched alkanes of at least 4 members (excludes halogenated alkanes) is 2. The molecule has 0 spiro atoms. The molecule has 2 aromatic carbocycles. The zero-order valence-corrected chi connectivity index (χ0v) is 32.9. The second kappa shape index (κ2) is 15.5. The number of hydrogen-bond acceptors (Lipinski definition) is 6. The molecule has 0 amide bonds. The summed E-state index contributed by atoms with van der Waals surface area (Å²) in [4.78, 5) is 1.37. The van der Waals surface area contributed by atoms with Crippen molar-refractivity contribution >= 4 is 32.8 Å². The van der Waals surface area contributed by atoms with Crippen molar-refractivity contribution in [3.8, 4) is 21.1 Å². The largest absolute Gasteiger partial charge is 0.397 e. The van der Waals surface area contributed by atoms with Gasteiger partial charge < -0.3 is 0 Å². The third kappa shape index (κ3) is 8.10. The summed E-state index contributed by atoms with van der Waals surface area (Å²) in [6.45, 7) is 0.438. The second-order valence-corrected chi connectivity index (χ2v) is 18.3. The fourth-order valence-electron chi connectivity index (χ4n) is 8.30. The molecule has 0 fully saturated rings. The predicted molar refractivity (Wildman–Crippen MR) is 207 cm³/mol. The number of fused-ring (bicyclic) bond motifs is 6. The molecule has 2 aliphatic carbocycles. The van der Waals surface area contributed by atoms with Crippen LogP contribution in [0.15, 0.2) is 82.4 Å². The summed E-state index contributed by atoms with van der Waals surface area (Å²) in [5, 5.41) is 11.1. The molecule has 0 radical (unpaired) electrons. The molecular formula is C41H38F6N4O3S3. The highest BCUT2D eigenvalue weighted by atomic mass is 32.3. The first kappa shape index (κ1) is 39.6. The number of benzene rings is 2. The highest BCUT2D eigenvalue weighted by Crippen LogP contribution is 2.49. The molecule has 6 aromatic rings. The average Bonchev–Trinajstić information content (AvgIpc) is 3.95. The number of alkyl halides is 6. The first-order valence-corrected chi connectivity index (χ1v) is 21.9. The molecule has 0 bridgehead atoms. The molecule has 2 aliphatic rings. The number of aromatic nitrogens is 4. The van der Waals surface area contributed by atoms with E-state index < -0.39 is 34.3 Å². The molecule has 0 saturated heterocycles. The summed E-state index contributed by atoms with van der Waals surface area (Å²) in [6, 6.07) is 21.8. The Bertz CT molecular complexity index is 2490. The van der Waals surface area contributed by atoms with Gasteiger partial charge in [0.05, 0.1) is 57.5 Å². The van der Waals surface area contributed by atoms with E-state index >= 15 is 0 Å². The number of halogens is 6. The van der Waals surface area contributed by atoms with Gasteiger partial charge in [-0.25, -0.2) is 0 Å². The van der Waals surface area contributed by atoms with Gasteiger partial charge in [-0.3, -0.25) is 13.9 Å². The minimum atomic E-state index is -4.70. The maximum absolute atomic E-state index is 15.0. The molecule has 57 heavy (non-hydrogen) atoms. The van der Waals surface area contributed by atoms with Gasteiger partial charge in [0.25, 0.3) is 0 Å². The fraction of sp³-hybridized carbons (Fsp3) is 0.366. The molecule has 8 rings (SSSR count). The van der Waals surface area contributed by atoms with Crippen molar-refractivity contribution in [2.45, 2.75) is 99.3 Å². The lowest BCUT2D eigenvalue weighted by molar-refractivity contribution is -0.153. The minimum absolute atomic E-state index is 0.00124. The van der Waals surface area contributed by atoms with E-state index in [1.165, 1.54) is 22.1 Å². The van der Waals surface area contributed by atoms with Crippen LogP contribution in [0.5, 0.6) is 0 Å². The number of nitrogens with zero attached hydrogens (tertiary/aromatic N) is 4. The predicted octanol–water partition coefficient (Wildman–Crippen LogP) is 11.0. The highest BCUT2D eigenvalue weighted by Gasteiger charge is 2.46. The van der Waals surface area contributed by atoms with Crippen LogP contribution in [0.25, 0.3) is 21.1 Å². The van der Waals surface area contributed by atoms with Crippen LogP contribution in [-0.4, -0.2) is 44.9 Å². The highest BCUT2D eigenvalue weighted by molar-refractivity contribution is 7.88. The summed E-state index contributed by atoms with van der Waals surface area (Å²) >= 11 is 2.29. The molecule has 7 nitrogen and oxygen atoms in total. The van der Waals surface area contributed by atoms with E-state index in [0.29, 0.717) is 52.3 Å². The quantitative estimate of drug-likeness (QED) is 0.0710. The molecule has 300 valence electrons. The number of thiophene rings is 2. The van der Waals surface area contributed by atoms with E-state index in [2.05, 4.69) is 10.2 Å². The third-order valence-corrected chi connectivity index (χ3v) is 14.4.